The Hall–Kier alpha value is -1.95. The van der Waals surface area contributed by atoms with Gasteiger partial charge in [0.1, 0.15) is 5.82 Å². The van der Waals surface area contributed by atoms with Gasteiger partial charge in [0, 0.05) is 50.2 Å². The van der Waals surface area contributed by atoms with Gasteiger partial charge in [-0.05, 0) is 25.7 Å². The number of nitrogens with one attached hydrogen (secondary N) is 2. The lowest BCUT2D eigenvalue weighted by molar-refractivity contribution is 0.656. The number of aromatic nitrogens is 2. The zero-order valence-electron chi connectivity index (χ0n) is 15.6. The van der Waals surface area contributed by atoms with Gasteiger partial charge in [-0.3, -0.25) is 4.99 Å². The molecule has 6 heteroatoms. The number of aliphatic imine (C=N–C) groups is 1. The summed E-state index contributed by atoms with van der Waals surface area (Å²) in [5.74, 6) is 1.92. The van der Waals surface area contributed by atoms with Gasteiger partial charge in [0.25, 0.3) is 0 Å². The van der Waals surface area contributed by atoms with Gasteiger partial charge >= 0.3 is 0 Å². The molecule has 25 heavy (non-hydrogen) atoms. The van der Waals surface area contributed by atoms with E-state index in [0.29, 0.717) is 0 Å². The summed E-state index contributed by atoms with van der Waals surface area (Å²) >= 11 is 1.85. The average molecular weight is 360 g/mol. The van der Waals surface area contributed by atoms with E-state index >= 15 is 0 Å². The first-order valence-electron chi connectivity index (χ1n) is 8.57. The number of imidazole rings is 1. The lowest BCUT2D eigenvalue weighted by atomic mass is 10.2. The zero-order valence-corrected chi connectivity index (χ0v) is 16.4. The first-order chi connectivity index (χ1) is 12.0. The molecule has 136 valence electrons. The second-order valence-electron chi connectivity index (χ2n) is 6.52. The molecule has 0 saturated carbocycles. The molecule has 1 aromatic carbocycles. The Bertz CT molecular complexity index is 663. The highest BCUT2D eigenvalue weighted by Crippen LogP contribution is 2.19. The Morgan fingerprint density at radius 1 is 1.24 bits per heavy atom. The van der Waals surface area contributed by atoms with Crippen LogP contribution >= 0.6 is 11.8 Å². The molecule has 0 spiro atoms. The van der Waals surface area contributed by atoms with Crippen molar-refractivity contribution in [1.82, 2.24) is 20.2 Å². The van der Waals surface area contributed by atoms with Crippen LogP contribution in [0.25, 0.3) is 0 Å². The Morgan fingerprint density at radius 3 is 2.68 bits per heavy atom. The van der Waals surface area contributed by atoms with Crippen LogP contribution in [-0.4, -0.2) is 46.7 Å². The zero-order chi connectivity index (χ0) is 18.1. The quantitative estimate of drug-likeness (QED) is 0.562. The maximum absolute atomic E-state index is 4.49. The number of rotatable bonds is 8. The van der Waals surface area contributed by atoms with E-state index in [2.05, 4.69) is 69.5 Å². The van der Waals surface area contributed by atoms with Crippen LogP contribution in [0.5, 0.6) is 0 Å². The van der Waals surface area contributed by atoms with Gasteiger partial charge in [0.15, 0.2) is 5.96 Å². The molecule has 1 aromatic heterocycles. The largest absolute Gasteiger partial charge is 0.356 e. The minimum Gasteiger partial charge on any atom is -0.356 e. The monoisotopic (exact) mass is 359 g/mol. The second-order valence-corrected chi connectivity index (χ2v) is 8.04. The number of benzene rings is 1. The maximum Gasteiger partial charge on any atom is 0.191 e. The average Bonchev–Trinajstić information content (AvgIpc) is 3.06. The summed E-state index contributed by atoms with van der Waals surface area (Å²) in [7, 11) is 1.80. The van der Waals surface area contributed by atoms with E-state index < -0.39 is 0 Å². The smallest absolute Gasteiger partial charge is 0.191 e. The van der Waals surface area contributed by atoms with Gasteiger partial charge in [-0.15, -0.1) is 0 Å². The number of hydrogen-bond donors (Lipinski definition) is 2. The van der Waals surface area contributed by atoms with Gasteiger partial charge < -0.3 is 15.2 Å². The van der Waals surface area contributed by atoms with E-state index in [9.17, 15) is 0 Å². The minimum atomic E-state index is 0.184. The molecule has 0 aliphatic carbocycles. The van der Waals surface area contributed by atoms with Crippen LogP contribution in [0.3, 0.4) is 0 Å². The molecule has 2 N–H and O–H groups in total. The summed E-state index contributed by atoms with van der Waals surface area (Å²) in [5.41, 5.74) is 1.28. The molecule has 0 unspecified atom stereocenters. The van der Waals surface area contributed by atoms with Gasteiger partial charge in [-0.1, -0.05) is 30.3 Å². The Labute approximate surface area is 155 Å². The predicted molar refractivity (Wildman–Crippen MR) is 108 cm³/mol. The molecule has 1 heterocycles. The molecule has 0 fully saturated rings. The predicted octanol–water partition coefficient (Wildman–Crippen LogP) is 2.78. The topological polar surface area (TPSA) is 54.2 Å². The third-order valence-electron chi connectivity index (χ3n) is 4.10. The van der Waals surface area contributed by atoms with Crippen LogP contribution in [0, 0.1) is 0 Å². The Morgan fingerprint density at radius 2 is 2.00 bits per heavy atom. The summed E-state index contributed by atoms with van der Waals surface area (Å²) in [6, 6.07) is 10.5. The standard InChI is InChI=1S/C19H29N5S/c1-19(2,25-4)15-23-18(20-3)22-11-10-17-21-12-13-24(17)14-16-8-6-5-7-9-16/h5-9,12-13H,10-11,14-15H2,1-4H3,(H2,20,22,23). The molecule has 0 radical (unpaired) electrons. The molecule has 0 saturated heterocycles. The molecular weight excluding hydrogens is 330 g/mol. The van der Waals surface area contributed by atoms with E-state index in [1.54, 1.807) is 7.05 Å². The molecule has 0 bridgehead atoms. The molecule has 0 atom stereocenters. The summed E-state index contributed by atoms with van der Waals surface area (Å²) < 4.78 is 2.38. The van der Waals surface area contributed by atoms with Crippen LogP contribution in [0.4, 0.5) is 0 Å². The molecule has 0 aliphatic rings. The van der Waals surface area contributed by atoms with Crippen molar-refractivity contribution in [2.24, 2.45) is 4.99 Å². The Balaban J connectivity index is 1.82. The number of nitrogens with zero attached hydrogens (tertiary/aromatic N) is 3. The second kappa shape index (κ2) is 9.51. The molecule has 2 rings (SSSR count). The van der Waals surface area contributed by atoms with Crippen molar-refractivity contribution in [3.05, 3.63) is 54.1 Å². The third kappa shape index (κ3) is 6.46. The number of hydrogen-bond acceptors (Lipinski definition) is 3. The summed E-state index contributed by atoms with van der Waals surface area (Å²) in [6.45, 7) is 6.96. The molecule has 0 amide bonds. The molecular formula is C19H29N5S. The van der Waals surface area contributed by atoms with Gasteiger partial charge in [0.2, 0.25) is 0 Å². The first kappa shape index (κ1) is 19.4. The van der Waals surface area contributed by atoms with E-state index in [4.69, 9.17) is 0 Å². The minimum absolute atomic E-state index is 0.184. The van der Waals surface area contributed by atoms with E-state index in [1.165, 1.54) is 5.56 Å². The fraction of sp³-hybridized carbons (Fsp3) is 0.474. The molecule has 2 aromatic rings. The lowest BCUT2D eigenvalue weighted by Crippen LogP contribution is -2.43. The van der Waals surface area contributed by atoms with Crippen LogP contribution in [-0.2, 0) is 13.0 Å². The number of guanidine groups is 1. The van der Waals surface area contributed by atoms with Crippen LogP contribution in [0.2, 0.25) is 0 Å². The van der Waals surface area contributed by atoms with Crippen molar-refractivity contribution in [3.8, 4) is 0 Å². The highest BCUT2D eigenvalue weighted by molar-refractivity contribution is 7.99. The van der Waals surface area contributed by atoms with Crippen molar-refractivity contribution in [2.75, 3.05) is 26.4 Å². The van der Waals surface area contributed by atoms with E-state index in [1.807, 2.05) is 30.2 Å². The van der Waals surface area contributed by atoms with Crippen molar-refractivity contribution >= 4 is 17.7 Å². The third-order valence-corrected chi connectivity index (χ3v) is 5.35. The van der Waals surface area contributed by atoms with E-state index in [-0.39, 0.29) is 4.75 Å². The number of thioether (sulfide) groups is 1. The van der Waals surface area contributed by atoms with Crippen LogP contribution in [0.15, 0.2) is 47.7 Å². The summed E-state index contributed by atoms with van der Waals surface area (Å²) in [6.07, 6.45) is 6.89. The van der Waals surface area contributed by atoms with Crippen LogP contribution < -0.4 is 10.6 Å². The molecule has 0 aliphatic heterocycles. The molecule has 5 nitrogen and oxygen atoms in total. The highest BCUT2D eigenvalue weighted by atomic mass is 32.2. The lowest BCUT2D eigenvalue weighted by Gasteiger charge is -2.23. The Kier molecular flexibility index (Phi) is 7.37. The fourth-order valence-corrected chi connectivity index (χ4v) is 2.59. The summed E-state index contributed by atoms with van der Waals surface area (Å²) in [5, 5.41) is 6.76. The van der Waals surface area contributed by atoms with Gasteiger partial charge in [0.05, 0.1) is 0 Å². The highest BCUT2D eigenvalue weighted by Gasteiger charge is 2.16. The van der Waals surface area contributed by atoms with Crippen molar-refractivity contribution < 1.29 is 0 Å². The van der Waals surface area contributed by atoms with Crippen LogP contribution in [0.1, 0.15) is 25.2 Å². The van der Waals surface area contributed by atoms with E-state index in [0.717, 1.165) is 37.8 Å². The van der Waals surface area contributed by atoms with Crippen molar-refractivity contribution in [3.63, 3.8) is 0 Å². The van der Waals surface area contributed by atoms with Gasteiger partial charge in [-0.2, -0.15) is 11.8 Å². The van der Waals surface area contributed by atoms with Crippen molar-refractivity contribution in [1.29, 1.82) is 0 Å². The normalized spacial score (nSPS) is 12.2. The SMILES string of the molecule is CN=C(NCCc1nccn1Cc1ccccc1)NCC(C)(C)SC. The van der Waals surface area contributed by atoms with Gasteiger partial charge in [-0.25, -0.2) is 4.98 Å². The summed E-state index contributed by atoms with van der Waals surface area (Å²) in [4.78, 5) is 8.79. The maximum atomic E-state index is 4.49. The first-order valence-corrected chi connectivity index (χ1v) is 9.80. The van der Waals surface area contributed by atoms with Crippen molar-refractivity contribution in [2.45, 2.75) is 31.6 Å². The fourth-order valence-electron chi connectivity index (χ4n) is 2.37.